The number of carbonyl (C=O) groups excluding carboxylic acids is 1. The van der Waals surface area contributed by atoms with Crippen molar-refractivity contribution < 1.29 is 4.79 Å². The summed E-state index contributed by atoms with van der Waals surface area (Å²) in [6.45, 7) is 4.54. The number of nitrogens with one attached hydrogen (secondary N) is 1. The summed E-state index contributed by atoms with van der Waals surface area (Å²) < 4.78 is 1.85. The van der Waals surface area contributed by atoms with Gasteiger partial charge in [0, 0.05) is 48.9 Å². The second-order valence-electron chi connectivity index (χ2n) is 9.26. The Bertz CT molecular complexity index is 1340. The molecule has 2 atom stereocenters. The summed E-state index contributed by atoms with van der Waals surface area (Å²) >= 11 is 0. The van der Waals surface area contributed by atoms with Crippen LogP contribution in [0.5, 0.6) is 0 Å². The zero-order chi connectivity index (χ0) is 22.5. The van der Waals surface area contributed by atoms with Gasteiger partial charge < -0.3 is 15.5 Å². The van der Waals surface area contributed by atoms with Crippen molar-refractivity contribution in [1.82, 2.24) is 29.7 Å². The minimum Gasteiger partial charge on any atom is -0.355 e. The first kappa shape index (κ1) is 20.2. The van der Waals surface area contributed by atoms with Gasteiger partial charge in [0.2, 0.25) is 0 Å². The van der Waals surface area contributed by atoms with Gasteiger partial charge in [-0.2, -0.15) is 10.2 Å². The van der Waals surface area contributed by atoms with E-state index in [-0.39, 0.29) is 18.0 Å². The average molecular weight is 445 g/mol. The summed E-state index contributed by atoms with van der Waals surface area (Å²) in [6.07, 6.45) is 7.70. The van der Waals surface area contributed by atoms with Crippen LogP contribution in [0.2, 0.25) is 0 Å². The van der Waals surface area contributed by atoms with Crippen LogP contribution in [0.25, 0.3) is 16.6 Å². The third-order valence-corrected chi connectivity index (χ3v) is 6.97. The molecule has 4 aromatic rings. The lowest BCUT2D eigenvalue weighted by molar-refractivity contribution is 0.0608. The van der Waals surface area contributed by atoms with Crippen molar-refractivity contribution in [2.75, 3.05) is 24.5 Å². The molecule has 2 unspecified atom stereocenters. The lowest BCUT2D eigenvalue weighted by Crippen LogP contribution is -2.38. The summed E-state index contributed by atoms with van der Waals surface area (Å²) in [4.78, 5) is 22.8. The number of nitrogens with two attached hydrogens (primary N) is 1. The monoisotopic (exact) mass is 444 g/mol. The number of benzene rings is 1. The molecule has 6 rings (SSSR count). The van der Waals surface area contributed by atoms with Gasteiger partial charge in [0.15, 0.2) is 5.65 Å². The maximum atomic E-state index is 13.6. The van der Waals surface area contributed by atoms with Crippen LogP contribution in [-0.2, 0) is 0 Å². The normalized spacial score (nSPS) is 21.4. The van der Waals surface area contributed by atoms with Crippen LogP contribution < -0.4 is 10.6 Å². The molecule has 0 aliphatic carbocycles. The van der Waals surface area contributed by atoms with Gasteiger partial charge in [0.25, 0.3) is 5.91 Å². The number of aromatic nitrogens is 5. The van der Waals surface area contributed by atoms with E-state index in [2.05, 4.69) is 22.0 Å². The lowest BCUT2D eigenvalue weighted by atomic mass is 9.97. The third-order valence-electron chi connectivity index (χ3n) is 6.97. The molecule has 1 amide bonds. The Morgan fingerprint density at radius 3 is 2.97 bits per heavy atom. The number of nitrogens with zero attached hydrogens (tertiary/aromatic N) is 6. The summed E-state index contributed by atoms with van der Waals surface area (Å²) in [5.74, 6) is 1.00. The van der Waals surface area contributed by atoms with Crippen LogP contribution in [0.15, 0.2) is 36.7 Å². The molecule has 2 fully saturated rings. The van der Waals surface area contributed by atoms with Crippen molar-refractivity contribution >= 4 is 28.3 Å². The zero-order valence-corrected chi connectivity index (χ0v) is 18.7. The van der Waals surface area contributed by atoms with Crippen molar-refractivity contribution in [2.45, 2.75) is 44.7 Å². The van der Waals surface area contributed by atoms with E-state index < -0.39 is 0 Å². The number of amides is 1. The molecule has 170 valence electrons. The van der Waals surface area contributed by atoms with E-state index in [1.807, 2.05) is 39.9 Å². The molecule has 2 saturated heterocycles. The molecule has 0 bridgehead atoms. The van der Waals surface area contributed by atoms with Crippen LogP contribution in [0.3, 0.4) is 0 Å². The molecule has 2 aliphatic heterocycles. The van der Waals surface area contributed by atoms with Crippen LogP contribution in [0, 0.1) is 6.92 Å². The number of carbonyl (C=O) groups is 1. The van der Waals surface area contributed by atoms with E-state index in [0.29, 0.717) is 5.56 Å². The number of H-pyrrole nitrogens is 1. The number of rotatable bonds is 3. The minimum atomic E-state index is -0.0703. The molecule has 3 N–H and O–H groups in total. The molecule has 0 spiro atoms. The topological polar surface area (TPSA) is 108 Å². The van der Waals surface area contributed by atoms with E-state index in [0.717, 1.165) is 78.9 Å². The fraction of sp³-hybridized carbons (Fsp3) is 0.417. The number of anilines is 1. The smallest absolute Gasteiger partial charge is 0.255 e. The Morgan fingerprint density at radius 1 is 1.21 bits per heavy atom. The van der Waals surface area contributed by atoms with Crippen molar-refractivity contribution in [3.63, 3.8) is 0 Å². The SMILES string of the molecule is Cc1cn2nc(C3CCCCN3C(=O)c3cccc4[nH]ncc34)cc2nc1N1CCC(N)C1. The van der Waals surface area contributed by atoms with E-state index in [1.165, 1.54) is 0 Å². The highest BCUT2D eigenvalue weighted by Crippen LogP contribution is 2.33. The first-order valence-electron chi connectivity index (χ1n) is 11.7. The molecule has 0 saturated carbocycles. The molecule has 9 nitrogen and oxygen atoms in total. The fourth-order valence-corrected chi connectivity index (χ4v) is 5.27. The molecule has 1 aromatic carbocycles. The molecular weight excluding hydrogens is 416 g/mol. The van der Waals surface area contributed by atoms with Gasteiger partial charge in [-0.15, -0.1) is 0 Å². The van der Waals surface area contributed by atoms with E-state index in [4.69, 9.17) is 15.8 Å². The summed E-state index contributed by atoms with van der Waals surface area (Å²) in [6, 6.07) is 7.88. The first-order valence-corrected chi connectivity index (χ1v) is 11.7. The third kappa shape index (κ3) is 3.43. The van der Waals surface area contributed by atoms with Gasteiger partial charge >= 0.3 is 0 Å². The molecule has 9 heteroatoms. The van der Waals surface area contributed by atoms with Gasteiger partial charge in [0.1, 0.15) is 5.82 Å². The van der Waals surface area contributed by atoms with Gasteiger partial charge in [-0.05, 0) is 44.7 Å². The number of aryl methyl sites for hydroxylation is 1. The van der Waals surface area contributed by atoms with Gasteiger partial charge in [-0.3, -0.25) is 9.89 Å². The molecule has 33 heavy (non-hydrogen) atoms. The molecule has 3 aromatic heterocycles. The Balaban J connectivity index is 1.35. The highest BCUT2D eigenvalue weighted by Gasteiger charge is 2.32. The number of piperidine rings is 1. The molecule has 5 heterocycles. The maximum absolute atomic E-state index is 13.6. The zero-order valence-electron chi connectivity index (χ0n) is 18.7. The molecule has 2 aliphatic rings. The van der Waals surface area contributed by atoms with E-state index >= 15 is 0 Å². The van der Waals surface area contributed by atoms with Crippen LogP contribution >= 0.6 is 0 Å². The average Bonchev–Trinajstić information content (AvgIpc) is 3.57. The van der Waals surface area contributed by atoms with Crippen LogP contribution in [-0.4, -0.2) is 61.3 Å². The number of hydrogen-bond donors (Lipinski definition) is 2. The van der Waals surface area contributed by atoms with Crippen molar-refractivity contribution in [1.29, 1.82) is 0 Å². The Labute approximate surface area is 191 Å². The summed E-state index contributed by atoms with van der Waals surface area (Å²) in [5.41, 5.74) is 10.4. The van der Waals surface area contributed by atoms with Crippen molar-refractivity contribution in [3.05, 3.63) is 53.5 Å². The highest BCUT2D eigenvalue weighted by atomic mass is 16.2. The molecular formula is C24H28N8O. The van der Waals surface area contributed by atoms with Crippen LogP contribution in [0.1, 0.15) is 53.3 Å². The second kappa shape index (κ2) is 7.84. The fourth-order valence-electron chi connectivity index (χ4n) is 5.27. The second-order valence-corrected chi connectivity index (χ2v) is 9.26. The van der Waals surface area contributed by atoms with Crippen molar-refractivity contribution in [3.8, 4) is 0 Å². The first-order chi connectivity index (χ1) is 16.1. The van der Waals surface area contributed by atoms with Crippen LogP contribution in [0.4, 0.5) is 5.82 Å². The standard InChI is InChI=1S/C24H28N8O/c1-15-13-32-22(27-23(15)30-10-8-16(25)14-30)11-20(29-32)21-7-2-3-9-31(21)24(33)17-5-4-6-19-18(17)12-26-28-19/h4-6,11-13,16,21H,2-3,7-10,14,25H2,1H3,(H,26,28). The van der Waals surface area contributed by atoms with E-state index in [9.17, 15) is 4.79 Å². The Hall–Kier alpha value is -3.46. The minimum absolute atomic E-state index is 0.0274. The Kier molecular flexibility index (Phi) is 4.79. The van der Waals surface area contributed by atoms with Gasteiger partial charge in [0.05, 0.1) is 29.0 Å². The van der Waals surface area contributed by atoms with Crippen molar-refractivity contribution in [2.24, 2.45) is 5.73 Å². The van der Waals surface area contributed by atoms with E-state index in [1.54, 1.807) is 6.20 Å². The quantitative estimate of drug-likeness (QED) is 0.503. The number of hydrogen-bond acceptors (Lipinski definition) is 6. The van der Waals surface area contributed by atoms with Gasteiger partial charge in [-0.1, -0.05) is 6.07 Å². The predicted molar refractivity (Wildman–Crippen MR) is 126 cm³/mol. The molecule has 0 radical (unpaired) electrons. The lowest BCUT2D eigenvalue weighted by Gasteiger charge is -2.35. The predicted octanol–water partition coefficient (Wildman–Crippen LogP) is 2.82. The highest BCUT2D eigenvalue weighted by molar-refractivity contribution is 6.06. The number of fused-ring (bicyclic) bond motifs is 2. The number of aromatic amines is 1. The maximum Gasteiger partial charge on any atom is 0.255 e. The summed E-state index contributed by atoms with van der Waals surface area (Å²) in [5, 5.41) is 12.8. The summed E-state index contributed by atoms with van der Waals surface area (Å²) in [7, 11) is 0. The largest absolute Gasteiger partial charge is 0.355 e. The van der Waals surface area contributed by atoms with Gasteiger partial charge in [-0.25, -0.2) is 9.50 Å². The number of likely N-dealkylation sites (tertiary alicyclic amines) is 1. The Morgan fingerprint density at radius 2 is 2.12 bits per heavy atom.